The molecule has 0 aliphatic carbocycles. The molecule has 2 N–H and O–H groups in total. The normalized spacial score (nSPS) is 14.9. The minimum absolute atomic E-state index is 0. The predicted molar refractivity (Wildman–Crippen MR) is 130 cm³/mol. The monoisotopic (exact) mass is 527 g/mol. The van der Waals surface area contributed by atoms with Gasteiger partial charge in [-0.05, 0) is 42.4 Å². The van der Waals surface area contributed by atoms with E-state index in [1.54, 1.807) is 13.2 Å². The van der Waals surface area contributed by atoms with Crippen molar-refractivity contribution in [1.29, 1.82) is 0 Å². The molecule has 7 nitrogen and oxygen atoms in total. The number of aliphatic imine (C=N–C) groups is 1. The van der Waals surface area contributed by atoms with Gasteiger partial charge in [-0.3, -0.25) is 9.67 Å². The lowest BCUT2D eigenvalue weighted by Gasteiger charge is -2.21. The molecule has 0 atom stereocenters. The molecule has 0 unspecified atom stereocenters. The average molecular weight is 527 g/mol. The number of rotatable bonds is 10. The van der Waals surface area contributed by atoms with Crippen molar-refractivity contribution in [3.05, 3.63) is 53.9 Å². The van der Waals surface area contributed by atoms with E-state index >= 15 is 0 Å². The van der Waals surface area contributed by atoms with E-state index in [1.165, 1.54) is 11.1 Å². The molecule has 1 aliphatic rings. The first-order valence-electron chi connectivity index (χ1n) is 10.5. The number of guanidine groups is 1. The molecule has 166 valence electrons. The van der Waals surface area contributed by atoms with Crippen molar-refractivity contribution in [3.63, 3.8) is 0 Å². The largest absolute Gasteiger partial charge is 0.381 e. The maximum absolute atomic E-state index is 5.82. The average Bonchev–Trinajstić information content (AvgIpc) is 3.27. The molecular formula is C22H34IN5O2. The van der Waals surface area contributed by atoms with Gasteiger partial charge >= 0.3 is 0 Å². The molecule has 8 heteroatoms. The number of benzene rings is 1. The third-order valence-electron chi connectivity index (χ3n) is 5.13. The number of nitrogens with one attached hydrogen (secondary N) is 2. The second-order valence-electron chi connectivity index (χ2n) is 7.31. The van der Waals surface area contributed by atoms with Crippen LogP contribution in [0.3, 0.4) is 0 Å². The van der Waals surface area contributed by atoms with Crippen LogP contribution >= 0.6 is 24.0 Å². The number of ether oxygens (including phenoxy) is 2. The summed E-state index contributed by atoms with van der Waals surface area (Å²) in [5.74, 6) is 1.47. The minimum atomic E-state index is 0. The van der Waals surface area contributed by atoms with E-state index in [2.05, 4.69) is 45.0 Å². The van der Waals surface area contributed by atoms with Gasteiger partial charge in [0, 0.05) is 59.0 Å². The van der Waals surface area contributed by atoms with Crippen LogP contribution in [-0.2, 0) is 22.6 Å². The highest BCUT2D eigenvalue weighted by atomic mass is 127. The SMILES string of the molecule is CN=C(NCCCOCC1CCOCC1)NCc1ccccc1Cn1cccn1.I. The van der Waals surface area contributed by atoms with Crippen LogP contribution in [0.4, 0.5) is 0 Å². The summed E-state index contributed by atoms with van der Waals surface area (Å²) < 4.78 is 13.1. The topological polar surface area (TPSA) is 72.7 Å². The molecule has 30 heavy (non-hydrogen) atoms. The van der Waals surface area contributed by atoms with Gasteiger partial charge in [0.15, 0.2) is 5.96 Å². The van der Waals surface area contributed by atoms with E-state index in [4.69, 9.17) is 9.47 Å². The first kappa shape index (κ1) is 24.6. The molecule has 3 rings (SSSR count). The zero-order valence-corrected chi connectivity index (χ0v) is 20.1. The second kappa shape index (κ2) is 14.4. The summed E-state index contributed by atoms with van der Waals surface area (Å²) in [5.41, 5.74) is 2.49. The highest BCUT2D eigenvalue weighted by Gasteiger charge is 2.13. The Bertz CT molecular complexity index is 733. The maximum atomic E-state index is 5.82. The van der Waals surface area contributed by atoms with Crippen LogP contribution < -0.4 is 10.6 Å². The summed E-state index contributed by atoms with van der Waals surface area (Å²) in [6, 6.07) is 10.4. The number of hydrogen-bond acceptors (Lipinski definition) is 4. The minimum Gasteiger partial charge on any atom is -0.381 e. The Morgan fingerprint density at radius 2 is 2.00 bits per heavy atom. The Morgan fingerprint density at radius 3 is 2.73 bits per heavy atom. The van der Waals surface area contributed by atoms with Gasteiger partial charge in [-0.1, -0.05) is 24.3 Å². The van der Waals surface area contributed by atoms with Crippen molar-refractivity contribution in [1.82, 2.24) is 20.4 Å². The standard InChI is InChI=1S/C22H33N5O2.HI/c1-23-22(24-10-5-13-29-18-19-8-14-28-15-9-19)25-16-20-6-2-3-7-21(20)17-27-12-4-11-26-27;/h2-4,6-7,11-12,19H,5,8-10,13-18H2,1H3,(H2,23,24,25);1H. The van der Waals surface area contributed by atoms with Gasteiger partial charge in [0.2, 0.25) is 0 Å². The molecule has 0 spiro atoms. The third kappa shape index (κ3) is 8.61. The van der Waals surface area contributed by atoms with Gasteiger partial charge in [-0.15, -0.1) is 24.0 Å². The van der Waals surface area contributed by atoms with Gasteiger partial charge in [-0.25, -0.2) is 0 Å². The zero-order valence-electron chi connectivity index (χ0n) is 17.8. The zero-order chi connectivity index (χ0) is 20.2. The fraction of sp³-hybridized carbons (Fsp3) is 0.545. The molecule has 0 amide bonds. The lowest BCUT2D eigenvalue weighted by molar-refractivity contribution is 0.0203. The van der Waals surface area contributed by atoms with Crippen LogP contribution in [-0.4, -0.2) is 55.8 Å². The number of nitrogens with zero attached hydrogens (tertiary/aromatic N) is 3. The molecule has 1 fully saturated rings. The van der Waals surface area contributed by atoms with Gasteiger partial charge in [0.05, 0.1) is 6.54 Å². The highest BCUT2D eigenvalue weighted by Crippen LogP contribution is 2.14. The number of aromatic nitrogens is 2. The van der Waals surface area contributed by atoms with Gasteiger partial charge < -0.3 is 20.1 Å². The molecule has 0 radical (unpaired) electrons. The van der Waals surface area contributed by atoms with E-state index < -0.39 is 0 Å². The molecule has 0 saturated carbocycles. The quantitative estimate of drug-likeness (QED) is 0.215. The fourth-order valence-corrected chi connectivity index (χ4v) is 3.40. The number of hydrogen-bond donors (Lipinski definition) is 2. The van der Waals surface area contributed by atoms with Gasteiger partial charge in [-0.2, -0.15) is 5.10 Å². The first-order chi connectivity index (χ1) is 14.3. The molecule has 0 bridgehead atoms. The Balaban J connectivity index is 0.00000320. The predicted octanol–water partition coefficient (Wildman–Crippen LogP) is 3.05. The summed E-state index contributed by atoms with van der Waals surface area (Å²) >= 11 is 0. The summed E-state index contributed by atoms with van der Waals surface area (Å²) in [6.07, 6.45) is 6.99. The Kier molecular flexibility index (Phi) is 11.8. The van der Waals surface area contributed by atoms with Crippen LogP contribution in [0.15, 0.2) is 47.7 Å². The summed E-state index contributed by atoms with van der Waals surface area (Å²) in [6.45, 7) is 5.70. The van der Waals surface area contributed by atoms with Crippen LogP contribution in [0, 0.1) is 5.92 Å². The van der Waals surface area contributed by atoms with Crippen molar-refractivity contribution < 1.29 is 9.47 Å². The summed E-state index contributed by atoms with van der Waals surface area (Å²) in [7, 11) is 1.80. The second-order valence-corrected chi connectivity index (χ2v) is 7.31. The maximum Gasteiger partial charge on any atom is 0.191 e. The van der Waals surface area contributed by atoms with Crippen molar-refractivity contribution >= 4 is 29.9 Å². The van der Waals surface area contributed by atoms with Crippen LogP contribution in [0.5, 0.6) is 0 Å². The van der Waals surface area contributed by atoms with E-state index in [0.29, 0.717) is 5.92 Å². The Morgan fingerprint density at radius 1 is 1.20 bits per heavy atom. The molecule has 2 heterocycles. The summed E-state index contributed by atoms with van der Waals surface area (Å²) in [4.78, 5) is 4.32. The van der Waals surface area contributed by atoms with Crippen molar-refractivity contribution in [3.8, 4) is 0 Å². The molecule has 1 aromatic heterocycles. The van der Waals surface area contributed by atoms with E-state index in [-0.39, 0.29) is 24.0 Å². The molecule has 2 aromatic rings. The highest BCUT2D eigenvalue weighted by molar-refractivity contribution is 14.0. The van der Waals surface area contributed by atoms with Crippen LogP contribution in [0.25, 0.3) is 0 Å². The van der Waals surface area contributed by atoms with Crippen molar-refractivity contribution in [2.45, 2.75) is 32.4 Å². The molecule has 1 saturated heterocycles. The van der Waals surface area contributed by atoms with E-state index in [0.717, 1.165) is 71.3 Å². The van der Waals surface area contributed by atoms with Crippen molar-refractivity contribution in [2.24, 2.45) is 10.9 Å². The summed E-state index contributed by atoms with van der Waals surface area (Å²) in [5, 5.41) is 11.1. The van der Waals surface area contributed by atoms with E-state index in [9.17, 15) is 0 Å². The molecule has 1 aliphatic heterocycles. The lowest BCUT2D eigenvalue weighted by Crippen LogP contribution is -2.37. The Hall–Kier alpha value is -1.65. The fourth-order valence-electron chi connectivity index (χ4n) is 3.40. The molecule has 1 aromatic carbocycles. The van der Waals surface area contributed by atoms with Gasteiger partial charge in [0.1, 0.15) is 0 Å². The number of halogens is 1. The lowest BCUT2D eigenvalue weighted by atomic mass is 10.0. The van der Waals surface area contributed by atoms with Gasteiger partial charge in [0.25, 0.3) is 0 Å². The Labute approximate surface area is 196 Å². The van der Waals surface area contributed by atoms with Crippen LogP contribution in [0.2, 0.25) is 0 Å². The van der Waals surface area contributed by atoms with Crippen molar-refractivity contribution in [2.75, 3.05) is 40.0 Å². The first-order valence-corrected chi connectivity index (χ1v) is 10.5. The third-order valence-corrected chi connectivity index (χ3v) is 5.13. The van der Waals surface area contributed by atoms with E-state index in [1.807, 2.05) is 16.9 Å². The smallest absolute Gasteiger partial charge is 0.191 e. The van der Waals surface area contributed by atoms with Crippen LogP contribution in [0.1, 0.15) is 30.4 Å². The molecular weight excluding hydrogens is 493 g/mol.